The van der Waals surface area contributed by atoms with Crippen LogP contribution in [0.2, 0.25) is 0 Å². The maximum atomic E-state index is 13.8. The predicted molar refractivity (Wildman–Crippen MR) is 127 cm³/mol. The Bertz CT molecular complexity index is 813. The van der Waals surface area contributed by atoms with Crippen LogP contribution in [0.25, 0.3) is 0 Å². The van der Waals surface area contributed by atoms with Crippen LogP contribution in [0.4, 0.5) is 4.39 Å². The second-order valence-corrected chi connectivity index (χ2v) is 6.62. The Morgan fingerprint density at radius 1 is 1.10 bits per heavy atom. The number of amides is 1. The SMILES string of the molecule is CCNC(=NCc1cccc(C(=O)NC(C)CC)c1)NCc1ccccc1F.I. The monoisotopic (exact) mass is 512 g/mol. The molecule has 0 aliphatic heterocycles. The molecule has 0 spiro atoms. The summed E-state index contributed by atoms with van der Waals surface area (Å²) >= 11 is 0. The smallest absolute Gasteiger partial charge is 0.251 e. The third-order valence-corrected chi connectivity index (χ3v) is 4.35. The van der Waals surface area contributed by atoms with Gasteiger partial charge < -0.3 is 16.0 Å². The average Bonchev–Trinajstić information content (AvgIpc) is 2.71. The van der Waals surface area contributed by atoms with E-state index >= 15 is 0 Å². The molecular formula is C22H30FIN4O. The summed E-state index contributed by atoms with van der Waals surface area (Å²) in [5, 5.41) is 9.26. The Morgan fingerprint density at radius 2 is 1.86 bits per heavy atom. The van der Waals surface area contributed by atoms with Gasteiger partial charge in [-0.05, 0) is 44.0 Å². The summed E-state index contributed by atoms with van der Waals surface area (Å²) in [6.07, 6.45) is 0.884. The average molecular weight is 512 g/mol. The lowest BCUT2D eigenvalue weighted by Gasteiger charge is -2.13. The normalized spacial score (nSPS) is 11.9. The number of hydrogen-bond donors (Lipinski definition) is 3. The van der Waals surface area contributed by atoms with Crippen LogP contribution in [0, 0.1) is 5.82 Å². The minimum atomic E-state index is -0.245. The largest absolute Gasteiger partial charge is 0.357 e. The fourth-order valence-corrected chi connectivity index (χ4v) is 2.55. The number of guanidine groups is 1. The number of nitrogens with one attached hydrogen (secondary N) is 3. The van der Waals surface area contributed by atoms with Gasteiger partial charge >= 0.3 is 0 Å². The van der Waals surface area contributed by atoms with E-state index in [9.17, 15) is 9.18 Å². The number of carbonyl (C=O) groups is 1. The first-order valence-electron chi connectivity index (χ1n) is 9.68. The number of carbonyl (C=O) groups excluding carboxylic acids is 1. The topological polar surface area (TPSA) is 65.5 Å². The summed E-state index contributed by atoms with van der Waals surface area (Å²) in [7, 11) is 0. The highest BCUT2D eigenvalue weighted by Gasteiger charge is 2.09. The van der Waals surface area contributed by atoms with Crippen LogP contribution in [0.3, 0.4) is 0 Å². The van der Waals surface area contributed by atoms with Gasteiger partial charge in [0.25, 0.3) is 5.91 Å². The van der Waals surface area contributed by atoms with Gasteiger partial charge in [0, 0.05) is 30.3 Å². The van der Waals surface area contributed by atoms with Crippen LogP contribution in [-0.4, -0.2) is 24.5 Å². The molecule has 7 heteroatoms. The molecule has 0 aromatic heterocycles. The summed E-state index contributed by atoms with van der Waals surface area (Å²) in [4.78, 5) is 16.8. The van der Waals surface area contributed by atoms with Gasteiger partial charge in [0.15, 0.2) is 5.96 Å². The highest BCUT2D eigenvalue weighted by molar-refractivity contribution is 14.0. The van der Waals surface area contributed by atoms with Crippen molar-refractivity contribution >= 4 is 35.8 Å². The third kappa shape index (κ3) is 8.39. The summed E-state index contributed by atoms with van der Waals surface area (Å²) in [5.41, 5.74) is 2.13. The zero-order chi connectivity index (χ0) is 20.4. The lowest BCUT2D eigenvalue weighted by Crippen LogP contribution is -2.37. The fourth-order valence-electron chi connectivity index (χ4n) is 2.55. The molecular weight excluding hydrogens is 482 g/mol. The van der Waals surface area contributed by atoms with Gasteiger partial charge in [0.2, 0.25) is 0 Å². The van der Waals surface area contributed by atoms with Gasteiger partial charge in [-0.2, -0.15) is 0 Å². The van der Waals surface area contributed by atoms with Crippen LogP contribution >= 0.6 is 24.0 Å². The van der Waals surface area contributed by atoms with Crippen LogP contribution < -0.4 is 16.0 Å². The molecule has 0 aliphatic carbocycles. The van der Waals surface area contributed by atoms with Crippen LogP contribution in [0.5, 0.6) is 0 Å². The van der Waals surface area contributed by atoms with E-state index in [4.69, 9.17) is 0 Å². The quantitative estimate of drug-likeness (QED) is 0.282. The van der Waals surface area contributed by atoms with E-state index in [2.05, 4.69) is 20.9 Å². The van der Waals surface area contributed by atoms with Crippen LogP contribution in [0.15, 0.2) is 53.5 Å². The summed E-state index contributed by atoms with van der Waals surface area (Å²) in [6.45, 7) is 7.44. The lowest BCUT2D eigenvalue weighted by molar-refractivity contribution is 0.0939. The van der Waals surface area contributed by atoms with E-state index in [1.807, 2.05) is 39.0 Å². The second-order valence-electron chi connectivity index (χ2n) is 6.62. The minimum Gasteiger partial charge on any atom is -0.357 e. The Hall–Kier alpha value is -2.16. The van der Waals surface area contributed by atoms with Gasteiger partial charge in [-0.15, -0.1) is 24.0 Å². The summed E-state index contributed by atoms with van der Waals surface area (Å²) < 4.78 is 13.8. The minimum absolute atomic E-state index is 0. The van der Waals surface area contributed by atoms with Crippen molar-refractivity contribution in [3.05, 3.63) is 71.0 Å². The number of benzene rings is 2. The molecule has 1 atom stereocenters. The van der Waals surface area contributed by atoms with Crippen molar-refractivity contribution in [1.82, 2.24) is 16.0 Å². The van der Waals surface area contributed by atoms with E-state index in [1.54, 1.807) is 24.3 Å². The summed E-state index contributed by atoms with van der Waals surface area (Å²) in [5.74, 6) is 0.274. The van der Waals surface area contributed by atoms with Gasteiger partial charge in [-0.25, -0.2) is 9.38 Å². The van der Waals surface area contributed by atoms with Gasteiger partial charge in [-0.1, -0.05) is 37.3 Å². The molecule has 0 heterocycles. The van der Waals surface area contributed by atoms with Crippen molar-refractivity contribution < 1.29 is 9.18 Å². The highest BCUT2D eigenvalue weighted by atomic mass is 127. The molecule has 1 unspecified atom stereocenters. The molecule has 2 aromatic carbocycles. The van der Waals surface area contributed by atoms with Crippen LogP contribution in [-0.2, 0) is 13.1 Å². The molecule has 0 aliphatic rings. The number of hydrogen-bond acceptors (Lipinski definition) is 2. The van der Waals surface area contributed by atoms with E-state index in [0.717, 1.165) is 12.0 Å². The molecule has 2 rings (SSSR count). The molecule has 5 nitrogen and oxygen atoms in total. The third-order valence-electron chi connectivity index (χ3n) is 4.35. The maximum Gasteiger partial charge on any atom is 0.251 e. The van der Waals surface area contributed by atoms with E-state index in [-0.39, 0.29) is 41.7 Å². The number of rotatable bonds is 8. The fraction of sp³-hybridized carbons (Fsp3) is 0.364. The molecule has 0 bridgehead atoms. The highest BCUT2D eigenvalue weighted by Crippen LogP contribution is 2.08. The molecule has 29 heavy (non-hydrogen) atoms. The van der Waals surface area contributed by atoms with E-state index in [1.165, 1.54) is 6.07 Å². The molecule has 158 valence electrons. The molecule has 0 radical (unpaired) electrons. The Balaban J connectivity index is 0.00000420. The van der Waals surface area contributed by atoms with E-state index in [0.29, 0.717) is 36.7 Å². The van der Waals surface area contributed by atoms with Gasteiger partial charge in [-0.3, -0.25) is 4.79 Å². The molecule has 2 aromatic rings. The molecule has 0 fully saturated rings. The van der Waals surface area contributed by atoms with Gasteiger partial charge in [0.05, 0.1) is 6.54 Å². The summed E-state index contributed by atoms with van der Waals surface area (Å²) in [6, 6.07) is 14.2. The van der Waals surface area contributed by atoms with Crippen LogP contribution in [0.1, 0.15) is 48.7 Å². The number of halogens is 2. The molecule has 0 saturated carbocycles. The molecule has 1 amide bonds. The number of aliphatic imine (C=N–C) groups is 1. The van der Waals surface area contributed by atoms with Crippen molar-refractivity contribution in [3.63, 3.8) is 0 Å². The van der Waals surface area contributed by atoms with E-state index < -0.39 is 0 Å². The van der Waals surface area contributed by atoms with Crippen molar-refractivity contribution in [2.75, 3.05) is 6.54 Å². The van der Waals surface area contributed by atoms with Crippen molar-refractivity contribution in [2.24, 2.45) is 4.99 Å². The zero-order valence-electron chi connectivity index (χ0n) is 17.2. The molecule has 0 saturated heterocycles. The first-order valence-corrected chi connectivity index (χ1v) is 9.68. The first kappa shape index (κ1) is 24.9. The first-order chi connectivity index (χ1) is 13.5. The maximum absolute atomic E-state index is 13.8. The predicted octanol–water partition coefficient (Wildman–Crippen LogP) is 4.23. The Kier molecular flexibility index (Phi) is 11.3. The standard InChI is InChI=1S/C22H29FN4O.HI/c1-4-16(3)27-21(28)18-11-8-9-17(13-18)14-25-22(24-5-2)26-15-19-10-6-7-12-20(19)23;/h6-13,16H,4-5,14-15H2,1-3H3,(H,27,28)(H2,24,25,26);1H. The number of nitrogens with zero attached hydrogens (tertiary/aromatic N) is 1. The van der Waals surface area contributed by atoms with Crippen molar-refractivity contribution in [2.45, 2.75) is 46.3 Å². The Morgan fingerprint density at radius 3 is 2.55 bits per heavy atom. The lowest BCUT2D eigenvalue weighted by atomic mass is 10.1. The van der Waals surface area contributed by atoms with Gasteiger partial charge in [0.1, 0.15) is 5.82 Å². The second kappa shape index (κ2) is 13.1. The zero-order valence-corrected chi connectivity index (χ0v) is 19.5. The molecule has 3 N–H and O–H groups in total. The van der Waals surface area contributed by atoms with Crippen molar-refractivity contribution in [1.29, 1.82) is 0 Å². The Labute approximate surface area is 189 Å². The van der Waals surface area contributed by atoms with Crippen molar-refractivity contribution in [3.8, 4) is 0 Å².